The monoisotopic (exact) mass is 278 g/mol. The molecule has 0 spiro atoms. The highest BCUT2D eigenvalue weighted by Crippen LogP contribution is 2.23. The molecule has 0 aromatic heterocycles. The Balaban J connectivity index is 1.63. The van der Waals surface area contributed by atoms with E-state index in [4.69, 9.17) is 4.74 Å². The zero-order valence-electron chi connectivity index (χ0n) is 12.1. The lowest BCUT2D eigenvalue weighted by Gasteiger charge is -2.24. The predicted octanol–water partition coefficient (Wildman–Crippen LogP) is 2.55. The van der Waals surface area contributed by atoms with Crippen molar-refractivity contribution in [3.63, 3.8) is 0 Å². The lowest BCUT2D eigenvalue weighted by atomic mass is 10.1. The third kappa shape index (κ3) is 3.13. The van der Waals surface area contributed by atoms with Gasteiger partial charge in [0.25, 0.3) is 0 Å². The van der Waals surface area contributed by atoms with Crippen LogP contribution in [0.4, 0.5) is 4.39 Å². The maximum atomic E-state index is 13.9. The normalized spacial score (nSPS) is 26.5. The zero-order chi connectivity index (χ0) is 13.9. The van der Waals surface area contributed by atoms with E-state index in [0.717, 1.165) is 25.2 Å². The number of hydrogen-bond acceptors (Lipinski definition) is 3. The summed E-state index contributed by atoms with van der Waals surface area (Å²) in [5.41, 5.74) is 1.03. The van der Waals surface area contributed by atoms with Crippen LogP contribution in [0.25, 0.3) is 0 Å². The van der Waals surface area contributed by atoms with Gasteiger partial charge in [-0.2, -0.15) is 0 Å². The first-order chi connectivity index (χ1) is 9.74. The summed E-state index contributed by atoms with van der Waals surface area (Å²) in [6, 6.07) is 6.65. The molecule has 2 atom stereocenters. The van der Waals surface area contributed by atoms with E-state index < -0.39 is 0 Å². The van der Waals surface area contributed by atoms with Gasteiger partial charge in [-0.1, -0.05) is 6.07 Å². The molecule has 2 aliphatic rings. The van der Waals surface area contributed by atoms with Crippen molar-refractivity contribution in [3.05, 3.63) is 29.6 Å². The number of likely N-dealkylation sites (tertiary alicyclic amines) is 1. The lowest BCUT2D eigenvalue weighted by molar-refractivity contribution is 0.250. The second-order valence-electron chi connectivity index (χ2n) is 5.86. The third-order valence-corrected chi connectivity index (χ3v) is 4.31. The molecule has 1 aromatic carbocycles. The minimum absolute atomic E-state index is 0.251. The van der Waals surface area contributed by atoms with Crippen molar-refractivity contribution in [2.45, 2.75) is 44.8 Å². The van der Waals surface area contributed by atoms with Crippen LogP contribution in [0.2, 0.25) is 0 Å². The highest BCUT2D eigenvalue weighted by molar-refractivity contribution is 5.29. The summed E-state index contributed by atoms with van der Waals surface area (Å²) in [5.74, 6) is 0.103. The van der Waals surface area contributed by atoms with Gasteiger partial charge in [0.05, 0.1) is 6.61 Å². The Morgan fingerprint density at radius 2 is 2.15 bits per heavy atom. The van der Waals surface area contributed by atoms with Crippen molar-refractivity contribution in [2.24, 2.45) is 0 Å². The summed E-state index contributed by atoms with van der Waals surface area (Å²) in [4.78, 5) is 2.44. The van der Waals surface area contributed by atoms with Crippen LogP contribution in [0.3, 0.4) is 0 Å². The van der Waals surface area contributed by atoms with Crippen molar-refractivity contribution in [3.8, 4) is 5.75 Å². The molecule has 20 heavy (non-hydrogen) atoms. The van der Waals surface area contributed by atoms with Crippen molar-refractivity contribution in [1.82, 2.24) is 10.2 Å². The number of benzene rings is 1. The average Bonchev–Trinajstić information content (AvgIpc) is 2.76. The van der Waals surface area contributed by atoms with Crippen molar-refractivity contribution in [2.75, 3.05) is 19.7 Å². The molecule has 2 saturated heterocycles. The second-order valence-corrected chi connectivity index (χ2v) is 5.86. The third-order valence-electron chi connectivity index (χ3n) is 4.31. The summed E-state index contributed by atoms with van der Waals surface area (Å²) in [6.07, 6.45) is 3.80. The van der Waals surface area contributed by atoms with Gasteiger partial charge in [0.15, 0.2) is 11.6 Å². The maximum absolute atomic E-state index is 13.9. The molecule has 3 nitrogen and oxygen atoms in total. The maximum Gasteiger partial charge on any atom is 0.165 e. The fourth-order valence-corrected chi connectivity index (χ4v) is 3.33. The Kier molecular flexibility index (Phi) is 4.22. The predicted molar refractivity (Wildman–Crippen MR) is 77.4 cm³/mol. The number of halogens is 1. The molecule has 0 aliphatic carbocycles. The minimum Gasteiger partial charge on any atom is -0.491 e. The molecule has 2 aliphatic heterocycles. The van der Waals surface area contributed by atoms with Crippen LogP contribution in [0.5, 0.6) is 5.75 Å². The number of nitrogens with zero attached hydrogens (tertiary/aromatic N) is 1. The SMILES string of the molecule is CCOc1ccc(CN2CCC3CCC(C2)N3)cc1F. The standard InChI is InChI=1S/C16H23FN2O/c1-2-20-16-6-3-12(9-15(16)17)10-19-8-7-13-4-5-14(11-19)18-13/h3,6,9,13-14,18H,2,4-5,7-8,10-11H2,1H3. The lowest BCUT2D eigenvalue weighted by Crippen LogP contribution is -2.34. The Morgan fingerprint density at radius 1 is 1.30 bits per heavy atom. The van der Waals surface area contributed by atoms with Gasteiger partial charge < -0.3 is 10.1 Å². The van der Waals surface area contributed by atoms with E-state index >= 15 is 0 Å². The first-order valence-corrected chi connectivity index (χ1v) is 7.64. The van der Waals surface area contributed by atoms with Gasteiger partial charge in [-0.3, -0.25) is 4.90 Å². The highest BCUT2D eigenvalue weighted by Gasteiger charge is 2.29. The molecule has 3 rings (SSSR count). The molecule has 0 radical (unpaired) electrons. The Bertz CT molecular complexity index is 466. The van der Waals surface area contributed by atoms with Gasteiger partial charge in [0.2, 0.25) is 0 Å². The van der Waals surface area contributed by atoms with Gasteiger partial charge in [-0.25, -0.2) is 4.39 Å². The molecule has 2 unspecified atom stereocenters. The summed E-state index contributed by atoms with van der Waals surface area (Å²) in [7, 11) is 0. The van der Waals surface area contributed by atoms with E-state index in [9.17, 15) is 4.39 Å². The van der Waals surface area contributed by atoms with Crippen molar-refractivity contribution >= 4 is 0 Å². The average molecular weight is 278 g/mol. The molecule has 0 saturated carbocycles. The molecular weight excluding hydrogens is 255 g/mol. The first-order valence-electron chi connectivity index (χ1n) is 7.64. The van der Waals surface area contributed by atoms with E-state index in [1.54, 1.807) is 12.1 Å². The van der Waals surface area contributed by atoms with Crippen LogP contribution in [0, 0.1) is 5.82 Å². The van der Waals surface area contributed by atoms with Crippen LogP contribution in [0.1, 0.15) is 31.7 Å². The highest BCUT2D eigenvalue weighted by atomic mass is 19.1. The van der Waals surface area contributed by atoms with E-state index in [1.165, 1.54) is 19.3 Å². The molecule has 2 heterocycles. The van der Waals surface area contributed by atoms with Gasteiger partial charge in [-0.15, -0.1) is 0 Å². The first kappa shape index (κ1) is 13.8. The largest absolute Gasteiger partial charge is 0.491 e. The van der Waals surface area contributed by atoms with Gasteiger partial charge in [0.1, 0.15) is 0 Å². The molecule has 1 aromatic rings. The van der Waals surface area contributed by atoms with Crippen molar-refractivity contribution in [1.29, 1.82) is 0 Å². The van der Waals surface area contributed by atoms with Gasteiger partial charge in [0, 0.05) is 31.7 Å². The summed E-state index contributed by atoms with van der Waals surface area (Å²) in [5, 5.41) is 3.67. The molecular formula is C16H23FN2O. The topological polar surface area (TPSA) is 24.5 Å². The van der Waals surface area contributed by atoms with Crippen LogP contribution in [-0.2, 0) is 6.54 Å². The fraction of sp³-hybridized carbons (Fsp3) is 0.625. The number of hydrogen-bond donors (Lipinski definition) is 1. The van der Waals surface area contributed by atoms with Crippen LogP contribution in [0.15, 0.2) is 18.2 Å². The molecule has 4 heteroatoms. The van der Waals surface area contributed by atoms with Gasteiger partial charge in [-0.05, 0) is 43.9 Å². The second kappa shape index (κ2) is 6.10. The number of nitrogens with one attached hydrogen (secondary N) is 1. The van der Waals surface area contributed by atoms with E-state index in [-0.39, 0.29) is 5.82 Å². The van der Waals surface area contributed by atoms with E-state index in [2.05, 4.69) is 10.2 Å². The molecule has 2 bridgehead atoms. The molecule has 0 amide bonds. The Morgan fingerprint density at radius 3 is 2.95 bits per heavy atom. The summed E-state index contributed by atoms with van der Waals surface area (Å²) in [6.45, 7) is 5.37. The zero-order valence-corrected chi connectivity index (χ0v) is 12.1. The van der Waals surface area contributed by atoms with E-state index in [1.807, 2.05) is 13.0 Å². The quantitative estimate of drug-likeness (QED) is 0.916. The van der Waals surface area contributed by atoms with Crippen molar-refractivity contribution < 1.29 is 9.13 Å². The summed E-state index contributed by atoms with van der Waals surface area (Å²) < 4.78 is 19.1. The summed E-state index contributed by atoms with van der Waals surface area (Å²) >= 11 is 0. The van der Waals surface area contributed by atoms with Gasteiger partial charge >= 0.3 is 0 Å². The van der Waals surface area contributed by atoms with Crippen LogP contribution in [-0.4, -0.2) is 36.7 Å². The fourth-order valence-electron chi connectivity index (χ4n) is 3.33. The number of ether oxygens (including phenoxy) is 1. The smallest absolute Gasteiger partial charge is 0.165 e. The van der Waals surface area contributed by atoms with Crippen LogP contribution < -0.4 is 10.1 Å². The Hall–Kier alpha value is -1.13. The minimum atomic E-state index is -0.251. The molecule has 2 fully saturated rings. The van der Waals surface area contributed by atoms with E-state index in [0.29, 0.717) is 24.4 Å². The van der Waals surface area contributed by atoms with Crippen LogP contribution >= 0.6 is 0 Å². The number of rotatable bonds is 4. The number of fused-ring (bicyclic) bond motifs is 2. The molecule has 110 valence electrons. The Labute approximate surface area is 120 Å². The molecule has 1 N–H and O–H groups in total.